The van der Waals surface area contributed by atoms with Gasteiger partial charge in [0.25, 0.3) is 0 Å². The zero-order chi connectivity index (χ0) is 44.7. The van der Waals surface area contributed by atoms with E-state index in [4.69, 9.17) is 0 Å². The molecule has 0 nitrogen and oxygen atoms in total. The van der Waals surface area contributed by atoms with Gasteiger partial charge in [-0.05, 0) is 155 Å². The van der Waals surface area contributed by atoms with Crippen molar-refractivity contribution in [1.29, 1.82) is 0 Å². The number of rotatable bonds is 7. The molecule has 0 aliphatic carbocycles. The van der Waals surface area contributed by atoms with Crippen LogP contribution in [-0.2, 0) is 0 Å². The van der Waals surface area contributed by atoms with Gasteiger partial charge in [-0.25, -0.2) is 0 Å². The van der Waals surface area contributed by atoms with Gasteiger partial charge in [0.15, 0.2) is 0 Å². The minimum absolute atomic E-state index is 1.20. The van der Waals surface area contributed by atoms with Crippen molar-refractivity contribution in [2.24, 2.45) is 0 Å². The second-order valence-electron chi connectivity index (χ2n) is 18.3. The van der Waals surface area contributed by atoms with Crippen LogP contribution in [0.25, 0.3) is 143 Å². The van der Waals surface area contributed by atoms with Crippen LogP contribution in [-0.4, -0.2) is 0 Å². The lowest BCUT2D eigenvalue weighted by molar-refractivity contribution is 1.58. The summed E-state index contributed by atoms with van der Waals surface area (Å²) in [6.07, 6.45) is 0. The topological polar surface area (TPSA) is 0 Å². The summed E-state index contributed by atoms with van der Waals surface area (Å²) in [5.41, 5.74) is 17.3. The average Bonchev–Trinajstić information content (AvgIpc) is 3.42. The first-order valence-electron chi connectivity index (χ1n) is 23.6. The van der Waals surface area contributed by atoms with E-state index in [0.717, 1.165) is 0 Å². The Bertz CT molecular complexity index is 4200. The maximum Gasteiger partial charge on any atom is -0.00203 e. The summed E-state index contributed by atoms with van der Waals surface area (Å²) in [7, 11) is 0. The largest absolute Gasteiger partial charge is 0.0622 e. The van der Waals surface area contributed by atoms with Crippen LogP contribution in [0.4, 0.5) is 0 Å². The fourth-order valence-electron chi connectivity index (χ4n) is 11.3. The number of hydrogen-bond donors (Lipinski definition) is 0. The summed E-state index contributed by atoms with van der Waals surface area (Å²) in [6, 6.07) is 94.5. The Morgan fingerprint density at radius 3 is 0.779 bits per heavy atom. The highest BCUT2D eigenvalue weighted by Gasteiger charge is 2.18. The van der Waals surface area contributed by atoms with Crippen LogP contribution in [0.5, 0.6) is 0 Å². The van der Waals surface area contributed by atoms with Crippen molar-refractivity contribution in [3.8, 4) is 77.9 Å². The summed E-state index contributed by atoms with van der Waals surface area (Å²) in [6.45, 7) is 0. The molecular formula is C68H42. The van der Waals surface area contributed by atoms with E-state index in [1.165, 1.54) is 143 Å². The SMILES string of the molecule is c1ccc(-c2ccc(-c3ccc4ccc5c(-c6cccc(-c7ccc(-c8cccc(-c9ccc%10ccc%11c(-c%12ccccc%12)ccc%12ccc9c%10c%12%11)c8)cc7)c6)ccc6ccc3c4c65)cc2)cc1. The second kappa shape index (κ2) is 15.4. The Morgan fingerprint density at radius 2 is 0.397 bits per heavy atom. The standard InChI is InChI=1S/C68H42/c1-3-9-43(10-4-1)44-21-23-48(24-22-44)58-34-26-50-32-40-64-60(36-28-52-30-38-62(58)66(50)68(52)64)56-16-8-14-54(42-56)46-19-17-45(18-20-46)53-13-7-15-55(41-53)59-35-27-51-29-37-61-57(47-11-5-2-6-12-47)33-25-49-31-39-63(59)67(51)65(49)61/h1-42H. The molecule has 14 aromatic rings. The average molecular weight is 859 g/mol. The predicted molar refractivity (Wildman–Crippen MR) is 292 cm³/mol. The minimum Gasteiger partial charge on any atom is -0.0622 e. The fraction of sp³-hybridized carbons (Fsp3) is 0. The molecule has 14 aromatic carbocycles. The molecule has 0 saturated heterocycles. The molecule has 0 amide bonds. The van der Waals surface area contributed by atoms with E-state index in [0.29, 0.717) is 0 Å². The maximum absolute atomic E-state index is 2.36. The summed E-state index contributed by atoms with van der Waals surface area (Å²) in [5.74, 6) is 0. The summed E-state index contributed by atoms with van der Waals surface area (Å²) in [4.78, 5) is 0. The lowest BCUT2D eigenvalue weighted by Crippen LogP contribution is -1.90. The van der Waals surface area contributed by atoms with Crippen molar-refractivity contribution in [2.75, 3.05) is 0 Å². The van der Waals surface area contributed by atoms with Crippen LogP contribution in [0.15, 0.2) is 255 Å². The fourth-order valence-corrected chi connectivity index (χ4v) is 11.3. The highest BCUT2D eigenvalue weighted by atomic mass is 14.2. The quantitative estimate of drug-likeness (QED) is 0.140. The second-order valence-corrected chi connectivity index (χ2v) is 18.3. The van der Waals surface area contributed by atoms with Gasteiger partial charge >= 0.3 is 0 Å². The van der Waals surface area contributed by atoms with E-state index in [1.807, 2.05) is 0 Å². The molecule has 0 heterocycles. The third-order valence-electron chi connectivity index (χ3n) is 14.6. The molecule has 0 aromatic heterocycles. The molecule has 68 heavy (non-hydrogen) atoms. The Morgan fingerprint density at radius 1 is 0.147 bits per heavy atom. The Balaban J connectivity index is 0.792. The van der Waals surface area contributed by atoms with Crippen LogP contribution in [0.1, 0.15) is 0 Å². The third-order valence-corrected chi connectivity index (χ3v) is 14.6. The van der Waals surface area contributed by atoms with E-state index in [9.17, 15) is 0 Å². The molecule has 0 atom stereocenters. The van der Waals surface area contributed by atoms with Gasteiger partial charge in [0.05, 0.1) is 0 Å². The third kappa shape index (κ3) is 6.15. The van der Waals surface area contributed by atoms with Crippen molar-refractivity contribution in [2.45, 2.75) is 0 Å². The van der Waals surface area contributed by atoms with E-state index in [2.05, 4.69) is 255 Å². The summed E-state index contributed by atoms with van der Waals surface area (Å²) < 4.78 is 0. The van der Waals surface area contributed by atoms with Crippen molar-refractivity contribution in [3.05, 3.63) is 255 Å². The predicted octanol–water partition coefficient (Wildman–Crippen LogP) is 19.2. The van der Waals surface area contributed by atoms with Crippen LogP contribution in [0.2, 0.25) is 0 Å². The molecule has 0 fully saturated rings. The van der Waals surface area contributed by atoms with Gasteiger partial charge in [0.2, 0.25) is 0 Å². The molecule has 0 spiro atoms. The Labute approximate surface area is 395 Å². The molecular weight excluding hydrogens is 817 g/mol. The van der Waals surface area contributed by atoms with Crippen LogP contribution in [0.3, 0.4) is 0 Å². The Hall–Kier alpha value is -8.84. The van der Waals surface area contributed by atoms with Crippen molar-refractivity contribution < 1.29 is 0 Å². The van der Waals surface area contributed by atoms with Crippen LogP contribution < -0.4 is 0 Å². The van der Waals surface area contributed by atoms with E-state index in [-0.39, 0.29) is 0 Å². The van der Waals surface area contributed by atoms with Gasteiger partial charge in [-0.2, -0.15) is 0 Å². The number of benzene rings is 14. The van der Waals surface area contributed by atoms with E-state index >= 15 is 0 Å². The lowest BCUT2D eigenvalue weighted by atomic mass is 9.86. The molecule has 0 radical (unpaired) electrons. The lowest BCUT2D eigenvalue weighted by Gasteiger charge is -2.17. The van der Waals surface area contributed by atoms with Crippen molar-refractivity contribution >= 4 is 64.6 Å². The molecule has 0 bridgehead atoms. The maximum atomic E-state index is 2.36. The monoisotopic (exact) mass is 858 g/mol. The summed E-state index contributed by atoms with van der Waals surface area (Å²) in [5, 5.41) is 15.6. The van der Waals surface area contributed by atoms with Gasteiger partial charge in [0.1, 0.15) is 0 Å². The first-order chi connectivity index (χ1) is 33.7. The van der Waals surface area contributed by atoms with Crippen LogP contribution in [0, 0.1) is 0 Å². The van der Waals surface area contributed by atoms with Gasteiger partial charge < -0.3 is 0 Å². The molecule has 0 heteroatoms. The smallest absolute Gasteiger partial charge is 0.00203 e. The van der Waals surface area contributed by atoms with E-state index < -0.39 is 0 Å². The minimum atomic E-state index is 1.20. The zero-order valence-corrected chi connectivity index (χ0v) is 37.2. The highest BCUT2D eigenvalue weighted by Crippen LogP contribution is 2.45. The molecule has 0 N–H and O–H groups in total. The molecule has 314 valence electrons. The number of hydrogen-bond acceptors (Lipinski definition) is 0. The molecule has 14 rings (SSSR count). The normalized spacial score (nSPS) is 11.8. The zero-order valence-electron chi connectivity index (χ0n) is 37.2. The van der Waals surface area contributed by atoms with Gasteiger partial charge in [-0.15, -0.1) is 0 Å². The Kier molecular flexibility index (Phi) is 8.69. The van der Waals surface area contributed by atoms with Gasteiger partial charge in [-0.1, -0.05) is 243 Å². The first kappa shape index (κ1) is 38.4. The summed E-state index contributed by atoms with van der Waals surface area (Å²) >= 11 is 0. The van der Waals surface area contributed by atoms with Crippen molar-refractivity contribution in [1.82, 2.24) is 0 Å². The molecule has 0 aliphatic heterocycles. The van der Waals surface area contributed by atoms with Crippen LogP contribution >= 0.6 is 0 Å². The van der Waals surface area contributed by atoms with Gasteiger partial charge in [0, 0.05) is 0 Å². The molecule has 0 saturated carbocycles. The van der Waals surface area contributed by atoms with E-state index in [1.54, 1.807) is 0 Å². The molecule has 0 unspecified atom stereocenters. The van der Waals surface area contributed by atoms with Gasteiger partial charge in [-0.3, -0.25) is 0 Å². The highest BCUT2D eigenvalue weighted by molar-refractivity contribution is 6.29. The molecule has 0 aliphatic rings. The van der Waals surface area contributed by atoms with Crippen molar-refractivity contribution in [3.63, 3.8) is 0 Å². The first-order valence-corrected chi connectivity index (χ1v) is 23.6.